The van der Waals surface area contributed by atoms with Crippen LogP contribution in [0.2, 0.25) is 10.0 Å². The molecule has 2 heterocycles. The molecule has 2 aromatic carbocycles. The lowest BCUT2D eigenvalue weighted by atomic mass is 9.83. The molecule has 2 aromatic rings. The van der Waals surface area contributed by atoms with Gasteiger partial charge in [0.2, 0.25) is 18.6 Å². The first kappa shape index (κ1) is 24.9. The second-order valence-electron chi connectivity index (χ2n) is 8.09. The van der Waals surface area contributed by atoms with Crippen molar-refractivity contribution < 1.29 is 28.6 Å². The molecule has 0 saturated carbocycles. The summed E-state index contributed by atoms with van der Waals surface area (Å²) in [6.45, 7) is 3.70. The van der Waals surface area contributed by atoms with Gasteiger partial charge in [0.15, 0.2) is 11.5 Å². The Morgan fingerprint density at radius 1 is 1.11 bits per heavy atom. The van der Waals surface area contributed by atoms with E-state index < -0.39 is 11.9 Å². The summed E-state index contributed by atoms with van der Waals surface area (Å²) in [7, 11) is 0. The monoisotopic (exact) mass is 518 g/mol. The van der Waals surface area contributed by atoms with E-state index >= 15 is 0 Å². The van der Waals surface area contributed by atoms with E-state index in [0.29, 0.717) is 38.4 Å². The molecule has 35 heavy (non-hydrogen) atoms. The molecule has 0 saturated heterocycles. The lowest BCUT2D eigenvalue weighted by Crippen LogP contribution is -2.44. The maximum absolute atomic E-state index is 13.1. The highest BCUT2D eigenvalue weighted by Crippen LogP contribution is 2.39. The van der Waals surface area contributed by atoms with Crippen molar-refractivity contribution in [3.8, 4) is 11.5 Å². The summed E-state index contributed by atoms with van der Waals surface area (Å²) >= 11 is 12.2. The van der Waals surface area contributed by atoms with Crippen molar-refractivity contribution >= 4 is 41.0 Å². The molecule has 4 rings (SSSR count). The third-order valence-electron chi connectivity index (χ3n) is 5.89. The molecular formula is C25H24Cl2N2O6. The molecule has 0 radical (unpaired) electrons. The van der Waals surface area contributed by atoms with E-state index in [-0.39, 0.29) is 44.7 Å². The molecule has 10 heteroatoms. The molecule has 1 unspecified atom stereocenters. The number of fused-ring (bicyclic) bond motifs is 1. The zero-order valence-corrected chi connectivity index (χ0v) is 20.7. The molecule has 0 spiro atoms. The van der Waals surface area contributed by atoms with E-state index in [4.69, 9.17) is 37.4 Å². The number of rotatable bonds is 7. The summed E-state index contributed by atoms with van der Waals surface area (Å²) in [5.74, 6) is -0.489. The first-order valence-corrected chi connectivity index (χ1v) is 11.8. The summed E-state index contributed by atoms with van der Waals surface area (Å²) in [6.07, 6.45) is -0.0150. The van der Waals surface area contributed by atoms with Gasteiger partial charge in [-0.05, 0) is 49.2 Å². The highest BCUT2D eigenvalue weighted by Gasteiger charge is 2.37. The van der Waals surface area contributed by atoms with Gasteiger partial charge in [-0.1, -0.05) is 35.3 Å². The third kappa shape index (κ3) is 5.39. The number of ether oxygens (including phenoxy) is 3. The Bertz CT molecular complexity index is 1210. The zero-order chi connectivity index (χ0) is 25.1. The molecule has 0 fully saturated rings. The number of nitrogens with zero attached hydrogens (tertiary/aromatic N) is 1. The maximum Gasteiger partial charge on any atom is 0.336 e. The van der Waals surface area contributed by atoms with E-state index in [1.54, 1.807) is 44.2 Å². The van der Waals surface area contributed by atoms with Crippen LogP contribution >= 0.6 is 23.2 Å². The van der Waals surface area contributed by atoms with Crippen molar-refractivity contribution in [3.05, 3.63) is 68.8 Å². The van der Waals surface area contributed by atoms with Gasteiger partial charge in [0, 0.05) is 24.6 Å². The Kier molecular flexibility index (Phi) is 7.52. The van der Waals surface area contributed by atoms with Crippen LogP contribution < -0.4 is 14.8 Å². The van der Waals surface area contributed by atoms with Gasteiger partial charge in [0.25, 0.3) is 0 Å². The predicted octanol–water partition coefficient (Wildman–Crippen LogP) is 4.19. The topological polar surface area (TPSA) is 94.2 Å². The van der Waals surface area contributed by atoms with Crippen LogP contribution in [0, 0.1) is 0 Å². The number of allylic oxidation sites excluding steroid dienone is 1. The quantitative estimate of drug-likeness (QED) is 0.552. The van der Waals surface area contributed by atoms with Gasteiger partial charge in [-0.15, -0.1) is 0 Å². The van der Waals surface area contributed by atoms with Crippen molar-refractivity contribution in [3.63, 3.8) is 0 Å². The van der Waals surface area contributed by atoms with Crippen molar-refractivity contribution in [2.24, 2.45) is 0 Å². The van der Waals surface area contributed by atoms with E-state index in [1.807, 2.05) is 6.07 Å². The Morgan fingerprint density at radius 3 is 2.63 bits per heavy atom. The minimum Gasteiger partial charge on any atom is -0.463 e. The number of carbonyl (C=O) groups is 3. The smallest absolute Gasteiger partial charge is 0.336 e. The van der Waals surface area contributed by atoms with Crippen molar-refractivity contribution in [2.75, 3.05) is 19.9 Å². The number of hydrogen-bond acceptors (Lipinski definition) is 6. The average molecular weight is 519 g/mol. The number of esters is 1. The van der Waals surface area contributed by atoms with Crippen LogP contribution in [-0.2, 0) is 25.7 Å². The Morgan fingerprint density at radius 2 is 1.89 bits per heavy atom. The van der Waals surface area contributed by atoms with Crippen LogP contribution in [0.5, 0.6) is 11.5 Å². The molecule has 0 aromatic heterocycles. The number of amides is 2. The largest absolute Gasteiger partial charge is 0.463 e. The summed E-state index contributed by atoms with van der Waals surface area (Å²) in [5.41, 5.74) is 2.18. The zero-order valence-electron chi connectivity index (χ0n) is 19.2. The fraction of sp³-hybridized carbons (Fsp3) is 0.320. The first-order chi connectivity index (χ1) is 16.8. The van der Waals surface area contributed by atoms with Gasteiger partial charge >= 0.3 is 5.97 Å². The number of hydrogen-bond donors (Lipinski definition) is 1. The molecule has 1 atom stereocenters. The molecule has 184 valence electrons. The Balaban J connectivity index is 1.53. The summed E-state index contributed by atoms with van der Waals surface area (Å²) < 4.78 is 15.9. The SMILES string of the molecule is CCOC(=O)C1=C(C)N(CC(=O)NCc2ccc3c(c2)OCO3)C(=O)CC1c1ccc(Cl)c(Cl)c1. The van der Waals surface area contributed by atoms with E-state index in [0.717, 1.165) is 5.56 Å². The molecule has 1 N–H and O–H groups in total. The van der Waals surface area contributed by atoms with E-state index in [2.05, 4.69) is 5.32 Å². The minimum absolute atomic E-state index is 0.0150. The fourth-order valence-electron chi connectivity index (χ4n) is 4.14. The second-order valence-corrected chi connectivity index (χ2v) is 8.91. The van der Waals surface area contributed by atoms with Crippen LogP contribution in [0.25, 0.3) is 0 Å². The van der Waals surface area contributed by atoms with Crippen LogP contribution in [0.1, 0.15) is 37.3 Å². The number of carbonyl (C=O) groups excluding carboxylic acids is 3. The van der Waals surface area contributed by atoms with Gasteiger partial charge < -0.3 is 24.4 Å². The van der Waals surface area contributed by atoms with E-state index in [9.17, 15) is 14.4 Å². The predicted molar refractivity (Wildman–Crippen MR) is 129 cm³/mol. The van der Waals surface area contributed by atoms with Gasteiger partial charge in [-0.3, -0.25) is 9.59 Å². The summed E-state index contributed by atoms with van der Waals surface area (Å²) in [5, 5.41) is 3.50. The van der Waals surface area contributed by atoms with Crippen LogP contribution in [-0.4, -0.2) is 42.6 Å². The molecular weight excluding hydrogens is 495 g/mol. The first-order valence-electron chi connectivity index (χ1n) is 11.1. The van der Waals surface area contributed by atoms with Crippen LogP contribution in [0.3, 0.4) is 0 Å². The number of nitrogens with one attached hydrogen (secondary N) is 1. The van der Waals surface area contributed by atoms with Gasteiger partial charge in [0.1, 0.15) is 6.54 Å². The van der Waals surface area contributed by atoms with Crippen molar-refractivity contribution in [1.29, 1.82) is 0 Å². The third-order valence-corrected chi connectivity index (χ3v) is 6.63. The molecule has 0 bridgehead atoms. The fourth-order valence-corrected chi connectivity index (χ4v) is 4.45. The summed E-state index contributed by atoms with van der Waals surface area (Å²) in [6, 6.07) is 10.4. The number of benzene rings is 2. The minimum atomic E-state index is -0.565. The standard InChI is InChI=1S/C25H24Cl2N2O6/c1-3-33-25(32)24-14(2)29(23(31)10-17(24)16-5-6-18(26)19(27)9-16)12-22(30)28-11-15-4-7-20-21(8-15)35-13-34-20/h4-9,17H,3,10-13H2,1-2H3,(H,28,30). The maximum atomic E-state index is 13.1. The molecule has 2 amide bonds. The Hall–Kier alpha value is -3.23. The van der Waals surface area contributed by atoms with Crippen molar-refractivity contribution in [2.45, 2.75) is 32.7 Å². The summed E-state index contributed by atoms with van der Waals surface area (Å²) in [4.78, 5) is 40.0. The van der Waals surface area contributed by atoms with E-state index in [1.165, 1.54) is 4.90 Å². The lowest BCUT2D eigenvalue weighted by Gasteiger charge is -2.34. The molecule has 2 aliphatic heterocycles. The van der Waals surface area contributed by atoms with Gasteiger partial charge in [0.05, 0.1) is 22.2 Å². The van der Waals surface area contributed by atoms with Crippen molar-refractivity contribution in [1.82, 2.24) is 10.2 Å². The highest BCUT2D eigenvalue weighted by atomic mass is 35.5. The van der Waals surface area contributed by atoms with Crippen LogP contribution in [0.15, 0.2) is 47.7 Å². The normalized spacial score (nSPS) is 17.0. The molecule has 2 aliphatic rings. The highest BCUT2D eigenvalue weighted by molar-refractivity contribution is 6.42. The average Bonchev–Trinajstić information content (AvgIpc) is 3.30. The second kappa shape index (κ2) is 10.6. The Labute approximate surface area is 212 Å². The van der Waals surface area contributed by atoms with Gasteiger partial charge in [-0.25, -0.2) is 4.79 Å². The van der Waals surface area contributed by atoms with Gasteiger partial charge in [-0.2, -0.15) is 0 Å². The lowest BCUT2D eigenvalue weighted by molar-refractivity contribution is -0.141. The molecule has 0 aliphatic carbocycles. The number of halogens is 2. The van der Waals surface area contributed by atoms with Crippen LogP contribution in [0.4, 0.5) is 0 Å². The molecule has 8 nitrogen and oxygen atoms in total.